The molecule has 2 heterocycles. The molecule has 7 heteroatoms. The molecule has 1 aliphatic carbocycles. The van der Waals surface area contributed by atoms with E-state index in [1.807, 2.05) is 48.6 Å². The predicted molar refractivity (Wildman–Crippen MR) is 122 cm³/mol. The second kappa shape index (κ2) is 8.90. The largest absolute Gasteiger partial charge is 0.481 e. The minimum absolute atomic E-state index is 0.174. The monoisotopic (exact) mass is 447 g/mol. The zero-order chi connectivity index (χ0) is 22.8. The Labute approximate surface area is 191 Å². The van der Waals surface area contributed by atoms with Crippen LogP contribution in [-0.2, 0) is 16.8 Å². The third-order valence-corrected chi connectivity index (χ3v) is 6.82. The van der Waals surface area contributed by atoms with Crippen molar-refractivity contribution in [1.82, 2.24) is 15.0 Å². The summed E-state index contributed by atoms with van der Waals surface area (Å²) in [5, 5.41) is 13.1. The number of benzene rings is 2. The molecule has 2 aromatic carbocycles. The minimum Gasteiger partial charge on any atom is -0.481 e. The normalized spacial score (nSPS) is 18.6. The fourth-order valence-corrected chi connectivity index (χ4v) is 4.92. The summed E-state index contributed by atoms with van der Waals surface area (Å²) in [6.07, 6.45) is 7.76. The number of carbonyl (C=O) groups is 1. The summed E-state index contributed by atoms with van der Waals surface area (Å²) in [5.74, 6) is -0.250. The topological polar surface area (TPSA) is 79.5 Å². The smallest absolute Gasteiger partial charge is 0.309 e. The first-order valence-electron chi connectivity index (χ1n) is 11.3. The van der Waals surface area contributed by atoms with Gasteiger partial charge in [-0.1, -0.05) is 66.5 Å². The molecule has 33 heavy (non-hydrogen) atoms. The molecule has 0 amide bonds. The third kappa shape index (κ3) is 4.46. The lowest BCUT2D eigenvalue weighted by Crippen LogP contribution is -2.49. The quantitative estimate of drug-likeness (QED) is 0.554. The molecule has 170 valence electrons. The zero-order valence-electron chi connectivity index (χ0n) is 18.3. The Balaban J connectivity index is 1.27. The highest BCUT2D eigenvalue weighted by Crippen LogP contribution is 2.43. The Hall–Kier alpha value is -3.32. The van der Waals surface area contributed by atoms with Crippen molar-refractivity contribution in [2.45, 2.75) is 37.6 Å². The Morgan fingerprint density at radius 3 is 2.58 bits per heavy atom. The number of aliphatic carboxylic acids is 1. The van der Waals surface area contributed by atoms with E-state index in [4.69, 9.17) is 9.63 Å². The molecule has 0 unspecified atom stereocenters. The molecule has 1 N–H and O–H groups in total. The van der Waals surface area contributed by atoms with Crippen LogP contribution in [0.15, 0.2) is 59.1 Å². The number of likely N-dealkylation sites (tertiary alicyclic amines) is 1. The van der Waals surface area contributed by atoms with Crippen molar-refractivity contribution in [3.63, 3.8) is 0 Å². The third-order valence-electron chi connectivity index (χ3n) is 6.82. The zero-order valence-corrected chi connectivity index (χ0v) is 18.3. The molecule has 1 aromatic heterocycles. The Kier molecular flexibility index (Phi) is 5.81. The highest BCUT2D eigenvalue weighted by Gasteiger charge is 2.35. The first-order chi connectivity index (χ1) is 16.0. The van der Waals surface area contributed by atoms with E-state index in [1.54, 1.807) is 6.07 Å². The first kappa shape index (κ1) is 21.5. The summed E-state index contributed by atoms with van der Waals surface area (Å²) in [6, 6.07) is 14.9. The summed E-state index contributed by atoms with van der Waals surface area (Å²) in [5.41, 5.74) is 2.35. The summed E-state index contributed by atoms with van der Waals surface area (Å²) >= 11 is 0. The van der Waals surface area contributed by atoms with Gasteiger partial charge in [0.05, 0.1) is 5.92 Å². The van der Waals surface area contributed by atoms with Crippen LogP contribution in [0.25, 0.3) is 17.5 Å². The van der Waals surface area contributed by atoms with E-state index < -0.39 is 5.97 Å². The van der Waals surface area contributed by atoms with Crippen molar-refractivity contribution >= 4 is 12.0 Å². The van der Waals surface area contributed by atoms with Crippen molar-refractivity contribution in [3.8, 4) is 11.4 Å². The molecule has 1 aliphatic heterocycles. The molecular weight excluding hydrogens is 421 g/mol. The summed E-state index contributed by atoms with van der Waals surface area (Å²) in [4.78, 5) is 17.6. The Morgan fingerprint density at radius 1 is 1.15 bits per heavy atom. The number of nitrogens with zero attached hydrogens (tertiary/aromatic N) is 3. The van der Waals surface area contributed by atoms with Crippen molar-refractivity contribution < 1.29 is 18.8 Å². The van der Waals surface area contributed by atoms with Crippen LogP contribution >= 0.6 is 0 Å². The molecule has 6 nitrogen and oxygen atoms in total. The Morgan fingerprint density at radius 2 is 1.88 bits per heavy atom. The van der Waals surface area contributed by atoms with E-state index in [0.717, 1.165) is 48.9 Å². The molecule has 3 aromatic rings. The highest BCUT2D eigenvalue weighted by atomic mass is 19.1. The standard InChI is InChI=1S/C26H26FN3O3/c27-22-6-2-1-5-21(22)26(12-3-4-13-26)14-11-23-28-24(29-33-23)19-9-7-18(8-10-19)15-30-16-20(17-30)25(31)32/h1-2,5-11,14,20H,3-4,12-13,15-17H2,(H,31,32). The molecule has 0 spiro atoms. The predicted octanol–water partition coefficient (Wildman–Crippen LogP) is 4.92. The fourth-order valence-electron chi connectivity index (χ4n) is 4.92. The SMILES string of the molecule is O=C(O)C1CN(Cc2ccc(-c3noc(C=CC4(c5ccccc5F)CCCC4)n3)cc2)C1. The van der Waals surface area contributed by atoms with Crippen molar-refractivity contribution in [2.75, 3.05) is 13.1 Å². The van der Waals surface area contributed by atoms with Crippen LogP contribution < -0.4 is 0 Å². The number of halogens is 1. The molecule has 2 fully saturated rings. The number of carboxylic acid groups (broad SMARTS) is 1. The van der Waals surface area contributed by atoms with E-state index in [2.05, 4.69) is 15.0 Å². The van der Waals surface area contributed by atoms with Gasteiger partial charge >= 0.3 is 5.97 Å². The maximum Gasteiger partial charge on any atom is 0.309 e. The lowest BCUT2D eigenvalue weighted by atomic mass is 9.78. The average Bonchev–Trinajstić information content (AvgIpc) is 3.45. The number of carboxylic acids is 1. The average molecular weight is 448 g/mol. The van der Waals surface area contributed by atoms with E-state index in [1.165, 1.54) is 6.07 Å². The number of allylic oxidation sites excluding steroid dienone is 1. The lowest BCUT2D eigenvalue weighted by molar-refractivity contribution is -0.147. The summed E-state index contributed by atoms with van der Waals surface area (Å²) in [6.45, 7) is 1.90. The van der Waals surface area contributed by atoms with Gasteiger partial charge in [-0.2, -0.15) is 4.98 Å². The van der Waals surface area contributed by atoms with Gasteiger partial charge in [-0.15, -0.1) is 0 Å². The van der Waals surface area contributed by atoms with Gasteiger partial charge in [0.15, 0.2) is 0 Å². The van der Waals surface area contributed by atoms with Crippen LogP contribution in [0, 0.1) is 11.7 Å². The molecular formula is C26H26FN3O3. The number of rotatable bonds is 7. The molecule has 5 rings (SSSR count). The second-order valence-electron chi connectivity index (χ2n) is 9.06. The van der Waals surface area contributed by atoms with E-state index in [0.29, 0.717) is 24.8 Å². The van der Waals surface area contributed by atoms with Crippen LogP contribution in [-0.4, -0.2) is 39.2 Å². The molecule has 0 radical (unpaired) electrons. The highest BCUT2D eigenvalue weighted by molar-refractivity contribution is 5.71. The van der Waals surface area contributed by atoms with Gasteiger partial charge in [-0.3, -0.25) is 9.69 Å². The van der Waals surface area contributed by atoms with Crippen LogP contribution in [0.2, 0.25) is 0 Å². The van der Waals surface area contributed by atoms with Gasteiger partial charge in [-0.25, -0.2) is 4.39 Å². The van der Waals surface area contributed by atoms with Crippen molar-refractivity contribution in [3.05, 3.63) is 77.4 Å². The maximum absolute atomic E-state index is 14.5. The maximum atomic E-state index is 14.5. The number of hydrogen-bond donors (Lipinski definition) is 1. The van der Waals surface area contributed by atoms with E-state index in [9.17, 15) is 9.18 Å². The van der Waals surface area contributed by atoms with Gasteiger partial charge in [-0.05, 0) is 30.0 Å². The van der Waals surface area contributed by atoms with Crippen LogP contribution in [0.3, 0.4) is 0 Å². The fraction of sp³-hybridized carbons (Fsp3) is 0.346. The van der Waals surface area contributed by atoms with Gasteiger partial charge < -0.3 is 9.63 Å². The molecule has 0 bridgehead atoms. The van der Waals surface area contributed by atoms with Crippen molar-refractivity contribution in [1.29, 1.82) is 0 Å². The van der Waals surface area contributed by atoms with E-state index in [-0.39, 0.29) is 17.2 Å². The minimum atomic E-state index is -0.726. The van der Waals surface area contributed by atoms with E-state index >= 15 is 0 Å². The van der Waals surface area contributed by atoms with Crippen LogP contribution in [0.5, 0.6) is 0 Å². The van der Waals surface area contributed by atoms with Gasteiger partial charge in [0.1, 0.15) is 5.82 Å². The van der Waals surface area contributed by atoms with Crippen molar-refractivity contribution in [2.24, 2.45) is 5.92 Å². The number of hydrogen-bond acceptors (Lipinski definition) is 5. The first-order valence-corrected chi connectivity index (χ1v) is 11.3. The lowest BCUT2D eigenvalue weighted by Gasteiger charge is -2.36. The van der Waals surface area contributed by atoms with Crippen LogP contribution in [0.4, 0.5) is 4.39 Å². The van der Waals surface area contributed by atoms with Gasteiger partial charge in [0.2, 0.25) is 5.82 Å². The van der Waals surface area contributed by atoms with Gasteiger partial charge in [0.25, 0.3) is 5.89 Å². The Bertz CT molecular complexity index is 1160. The second-order valence-corrected chi connectivity index (χ2v) is 9.06. The summed E-state index contributed by atoms with van der Waals surface area (Å²) < 4.78 is 20.0. The van der Waals surface area contributed by atoms with Crippen LogP contribution in [0.1, 0.15) is 42.7 Å². The summed E-state index contributed by atoms with van der Waals surface area (Å²) in [7, 11) is 0. The molecule has 2 aliphatic rings. The molecule has 1 saturated heterocycles. The number of aromatic nitrogens is 2. The molecule has 0 atom stereocenters. The molecule has 1 saturated carbocycles. The van der Waals surface area contributed by atoms with Gasteiger partial charge in [0, 0.05) is 36.7 Å².